The summed E-state index contributed by atoms with van der Waals surface area (Å²) >= 11 is 0. The van der Waals surface area contributed by atoms with Crippen molar-refractivity contribution in [1.82, 2.24) is 0 Å². The van der Waals surface area contributed by atoms with Gasteiger partial charge >= 0.3 is 6.18 Å². The van der Waals surface area contributed by atoms with E-state index in [0.717, 1.165) is 0 Å². The Balaban J connectivity index is 3.75. The number of nitrogens with zero attached hydrogens (tertiary/aromatic N) is 1. The van der Waals surface area contributed by atoms with Crippen LogP contribution in [0, 0.1) is 10.8 Å². The van der Waals surface area contributed by atoms with Crippen LogP contribution >= 0.6 is 0 Å². The van der Waals surface area contributed by atoms with Crippen molar-refractivity contribution in [2.24, 2.45) is 11.1 Å². The number of hydrogen-bond donors (Lipinski definition) is 0. The predicted molar refractivity (Wildman–Crippen MR) is 39.7 cm³/mol. The van der Waals surface area contributed by atoms with Gasteiger partial charge < -0.3 is 0 Å². The lowest BCUT2D eigenvalue weighted by Gasteiger charge is -2.17. The monoisotopic (exact) mass is 183 g/mol. The number of alkyl halides is 3. The SMILES string of the molecule is CCC(CCCN=O)C(F)(F)F. The van der Waals surface area contributed by atoms with E-state index in [1.54, 1.807) is 0 Å². The van der Waals surface area contributed by atoms with E-state index in [1.165, 1.54) is 6.92 Å². The van der Waals surface area contributed by atoms with Crippen LogP contribution in [0.1, 0.15) is 26.2 Å². The molecule has 0 fully saturated rings. The number of rotatable bonds is 5. The largest absolute Gasteiger partial charge is 0.391 e. The quantitative estimate of drug-likeness (QED) is 0.475. The third-order valence-corrected chi connectivity index (χ3v) is 1.76. The molecule has 72 valence electrons. The molecule has 0 rings (SSSR count). The molecule has 0 radical (unpaired) electrons. The fourth-order valence-electron chi connectivity index (χ4n) is 1.00. The van der Waals surface area contributed by atoms with Gasteiger partial charge in [-0.25, -0.2) is 0 Å². The van der Waals surface area contributed by atoms with Crippen LogP contribution < -0.4 is 0 Å². The maximum Gasteiger partial charge on any atom is 0.391 e. The highest BCUT2D eigenvalue weighted by atomic mass is 19.4. The molecular formula is C7H12F3NO. The minimum atomic E-state index is -4.13. The highest BCUT2D eigenvalue weighted by Crippen LogP contribution is 2.31. The Morgan fingerprint density at radius 2 is 2.00 bits per heavy atom. The van der Waals surface area contributed by atoms with Crippen LogP contribution in [0.25, 0.3) is 0 Å². The summed E-state index contributed by atoms with van der Waals surface area (Å²) in [5.74, 6) is -1.28. The van der Waals surface area contributed by atoms with Crippen LogP contribution in [-0.4, -0.2) is 12.7 Å². The van der Waals surface area contributed by atoms with Crippen LogP contribution in [0.15, 0.2) is 5.18 Å². The zero-order chi connectivity index (χ0) is 9.61. The molecule has 2 nitrogen and oxygen atoms in total. The van der Waals surface area contributed by atoms with Gasteiger partial charge in [0.05, 0.1) is 12.5 Å². The van der Waals surface area contributed by atoms with Gasteiger partial charge in [-0.3, -0.25) is 0 Å². The summed E-state index contributed by atoms with van der Waals surface area (Å²) < 4.78 is 36.1. The Labute approximate surface area is 69.1 Å². The van der Waals surface area contributed by atoms with Crippen LogP contribution in [0.5, 0.6) is 0 Å². The number of nitroso groups, excluding NO2 is 1. The lowest BCUT2D eigenvalue weighted by Crippen LogP contribution is -2.22. The van der Waals surface area contributed by atoms with Gasteiger partial charge in [-0.05, 0) is 19.3 Å². The van der Waals surface area contributed by atoms with E-state index in [0.29, 0.717) is 0 Å². The van der Waals surface area contributed by atoms with Crippen LogP contribution in [0.2, 0.25) is 0 Å². The second-order valence-electron chi connectivity index (χ2n) is 2.64. The molecule has 0 aromatic carbocycles. The Bertz CT molecular complexity index is 135. The Kier molecular flexibility index (Phi) is 4.85. The van der Waals surface area contributed by atoms with Crippen LogP contribution in [-0.2, 0) is 0 Å². The molecular weight excluding hydrogens is 171 g/mol. The summed E-state index contributed by atoms with van der Waals surface area (Å²) in [5, 5.41) is 2.51. The van der Waals surface area contributed by atoms with Crippen molar-refractivity contribution in [3.05, 3.63) is 4.91 Å². The fraction of sp³-hybridized carbons (Fsp3) is 1.00. The lowest BCUT2D eigenvalue weighted by atomic mass is 10.00. The first-order chi connectivity index (χ1) is 5.52. The Hall–Kier alpha value is -0.610. The fourth-order valence-corrected chi connectivity index (χ4v) is 1.00. The molecule has 5 heteroatoms. The maximum absolute atomic E-state index is 12.0. The Morgan fingerprint density at radius 3 is 2.33 bits per heavy atom. The summed E-state index contributed by atoms with van der Waals surface area (Å²) in [5.41, 5.74) is 0. The number of hydrogen-bond acceptors (Lipinski definition) is 2. The van der Waals surface area contributed by atoms with Gasteiger partial charge in [0.2, 0.25) is 0 Å². The van der Waals surface area contributed by atoms with Crippen LogP contribution in [0.4, 0.5) is 13.2 Å². The van der Waals surface area contributed by atoms with E-state index in [4.69, 9.17) is 0 Å². The normalized spacial score (nSPS) is 14.3. The van der Waals surface area contributed by atoms with Crippen LogP contribution in [0.3, 0.4) is 0 Å². The second-order valence-corrected chi connectivity index (χ2v) is 2.64. The van der Waals surface area contributed by atoms with Gasteiger partial charge in [-0.2, -0.15) is 18.1 Å². The van der Waals surface area contributed by atoms with Gasteiger partial charge in [0.25, 0.3) is 0 Å². The molecule has 1 atom stereocenters. The molecule has 0 aliphatic rings. The van der Waals surface area contributed by atoms with Crippen molar-refractivity contribution >= 4 is 0 Å². The average Bonchev–Trinajstić information content (AvgIpc) is 1.95. The van der Waals surface area contributed by atoms with Crippen molar-refractivity contribution in [2.45, 2.75) is 32.4 Å². The minimum Gasteiger partial charge on any atom is -0.171 e. The smallest absolute Gasteiger partial charge is 0.171 e. The zero-order valence-corrected chi connectivity index (χ0v) is 6.90. The van der Waals surface area contributed by atoms with E-state index in [-0.39, 0.29) is 25.8 Å². The van der Waals surface area contributed by atoms with E-state index >= 15 is 0 Å². The molecule has 12 heavy (non-hydrogen) atoms. The molecule has 0 saturated heterocycles. The second kappa shape index (κ2) is 5.11. The maximum atomic E-state index is 12.0. The highest BCUT2D eigenvalue weighted by Gasteiger charge is 2.37. The van der Waals surface area contributed by atoms with Gasteiger partial charge in [-0.1, -0.05) is 12.1 Å². The molecule has 0 bridgehead atoms. The van der Waals surface area contributed by atoms with Gasteiger partial charge in [0, 0.05) is 0 Å². The van der Waals surface area contributed by atoms with Crippen molar-refractivity contribution < 1.29 is 13.2 Å². The third-order valence-electron chi connectivity index (χ3n) is 1.76. The van der Waals surface area contributed by atoms with E-state index in [1.807, 2.05) is 0 Å². The van der Waals surface area contributed by atoms with E-state index in [9.17, 15) is 18.1 Å². The van der Waals surface area contributed by atoms with Crippen molar-refractivity contribution in [3.63, 3.8) is 0 Å². The van der Waals surface area contributed by atoms with Gasteiger partial charge in [-0.15, -0.1) is 0 Å². The molecule has 0 aliphatic carbocycles. The molecule has 0 spiro atoms. The topological polar surface area (TPSA) is 29.4 Å². The Morgan fingerprint density at radius 1 is 1.42 bits per heavy atom. The first kappa shape index (κ1) is 11.4. The van der Waals surface area contributed by atoms with Gasteiger partial charge in [0.1, 0.15) is 0 Å². The van der Waals surface area contributed by atoms with Crippen molar-refractivity contribution in [3.8, 4) is 0 Å². The molecule has 0 aromatic heterocycles. The lowest BCUT2D eigenvalue weighted by molar-refractivity contribution is -0.177. The predicted octanol–water partition coefficient (Wildman–Crippen LogP) is 3.12. The standard InChI is InChI=1S/C7H12F3NO/c1-2-6(7(8,9)10)4-3-5-11-12/h6H,2-5H2,1H3. The molecule has 0 N–H and O–H groups in total. The average molecular weight is 183 g/mol. The molecule has 1 unspecified atom stereocenters. The summed E-state index contributed by atoms with van der Waals surface area (Å²) in [7, 11) is 0. The van der Waals surface area contributed by atoms with Crippen molar-refractivity contribution in [1.29, 1.82) is 0 Å². The first-order valence-electron chi connectivity index (χ1n) is 3.88. The third kappa shape index (κ3) is 4.31. The summed E-state index contributed by atoms with van der Waals surface area (Å²) in [6.07, 6.45) is -3.83. The molecule has 0 aliphatic heterocycles. The molecule has 0 heterocycles. The molecule has 0 amide bonds. The summed E-state index contributed by atoms with van der Waals surface area (Å²) in [6.45, 7) is 1.47. The highest BCUT2D eigenvalue weighted by molar-refractivity contribution is 4.66. The minimum absolute atomic E-state index is 0.00569. The van der Waals surface area contributed by atoms with Gasteiger partial charge in [0.15, 0.2) is 0 Å². The van der Waals surface area contributed by atoms with Crippen molar-refractivity contribution in [2.75, 3.05) is 6.54 Å². The molecule has 0 aromatic rings. The first-order valence-corrected chi connectivity index (χ1v) is 3.88. The summed E-state index contributed by atoms with van der Waals surface area (Å²) in [6, 6.07) is 0. The molecule has 0 saturated carbocycles. The zero-order valence-electron chi connectivity index (χ0n) is 6.90. The van der Waals surface area contributed by atoms with E-state index in [2.05, 4.69) is 5.18 Å². The summed E-state index contributed by atoms with van der Waals surface area (Å²) in [4.78, 5) is 9.59. The van der Waals surface area contributed by atoms with E-state index < -0.39 is 12.1 Å². The number of halogens is 3.